The second kappa shape index (κ2) is 8.16. The summed E-state index contributed by atoms with van der Waals surface area (Å²) in [6.45, 7) is 9.07. The minimum absolute atomic E-state index is 0.240. The van der Waals surface area contributed by atoms with Gasteiger partial charge in [0.2, 0.25) is 0 Å². The topological polar surface area (TPSA) is 30.5 Å². The zero-order valence-electron chi connectivity index (χ0n) is 13.2. The van der Waals surface area contributed by atoms with Gasteiger partial charge in [-0.2, -0.15) is 0 Å². The molecule has 0 aromatic heterocycles. The lowest BCUT2D eigenvalue weighted by molar-refractivity contribution is 0.0612. The Morgan fingerprint density at radius 1 is 1.43 bits per heavy atom. The van der Waals surface area contributed by atoms with Crippen LogP contribution in [0, 0.1) is 5.92 Å². The maximum Gasteiger partial charge on any atom is 0.133 e. The zero-order valence-corrected chi connectivity index (χ0v) is 14.8. The molecule has 0 spiro atoms. The van der Waals surface area contributed by atoms with E-state index in [4.69, 9.17) is 9.47 Å². The second-order valence-corrected chi connectivity index (χ2v) is 6.53. The Morgan fingerprint density at radius 2 is 2.24 bits per heavy atom. The molecule has 0 radical (unpaired) electrons. The Balaban J connectivity index is 2.18. The SMILES string of the molecule is CCCOc1ccc(C(NCC)C2OCCC2C)cc1Br. The Labute approximate surface area is 136 Å². The van der Waals surface area contributed by atoms with Crippen molar-refractivity contribution in [2.24, 2.45) is 5.92 Å². The highest BCUT2D eigenvalue weighted by atomic mass is 79.9. The molecule has 1 heterocycles. The maximum absolute atomic E-state index is 5.96. The van der Waals surface area contributed by atoms with Gasteiger partial charge in [0.25, 0.3) is 0 Å². The highest BCUT2D eigenvalue weighted by Crippen LogP contribution is 2.34. The van der Waals surface area contributed by atoms with Crippen LogP contribution in [0.2, 0.25) is 0 Å². The lowest BCUT2D eigenvalue weighted by Gasteiger charge is -2.27. The molecule has 3 unspecified atom stereocenters. The molecule has 0 saturated carbocycles. The number of likely N-dealkylation sites (N-methyl/N-ethyl adjacent to an activating group) is 1. The summed E-state index contributed by atoms with van der Waals surface area (Å²) in [5.41, 5.74) is 1.26. The van der Waals surface area contributed by atoms with Crippen molar-refractivity contribution in [2.45, 2.75) is 45.8 Å². The van der Waals surface area contributed by atoms with Gasteiger partial charge in [-0.25, -0.2) is 0 Å². The third-order valence-corrected chi connectivity index (χ3v) is 4.59. The Hall–Kier alpha value is -0.580. The van der Waals surface area contributed by atoms with Gasteiger partial charge in [-0.15, -0.1) is 0 Å². The van der Waals surface area contributed by atoms with Gasteiger partial charge >= 0.3 is 0 Å². The number of halogens is 1. The van der Waals surface area contributed by atoms with Crippen molar-refractivity contribution in [3.05, 3.63) is 28.2 Å². The summed E-state index contributed by atoms with van der Waals surface area (Å²) < 4.78 is 12.7. The summed E-state index contributed by atoms with van der Waals surface area (Å²) in [6.07, 6.45) is 2.41. The molecular formula is C17H26BrNO2. The standard InChI is InChI=1S/C17H26BrNO2/c1-4-9-20-15-7-6-13(11-14(15)18)16(19-5-2)17-12(3)8-10-21-17/h6-7,11-12,16-17,19H,4-5,8-10H2,1-3H3. The first-order chi connectivity index (χ1) is 10.2. The molecule has 1 aromatic carbocycles. The van der Waals surface area contributed by atoms with Crippen molar-refractivity contribution >= 4 is 15.9 Å². The van der Waals surface area contributed by atoms with Crippen molar-refractivity contribution in [3.8, 4) is 5.75 Å². The van der Waals surface area contributed by atoms with Crippen LogP contribution >= 0.6 is 15.9 Å². The average molecular weight is 356 g/mol. The van der Waals surface area contributed by atoms with Crippen LogP contribution in [0.3, 0.4) is 0 Å². The van der Waals surface area contributed by atoms with Crippen molar-refractivity contribution in [3.63, 3.8) is 0 Å². The third kappa shape index (κ3) is 4.21. The van der Waals surface area contributed by atoms with Gasteiger partial charge in [-0.3, -0.25) is 0 Å². The number of nitrogens with one attached hydrogen (secondary N) is 1. The van der Waals surface area contributed by atoms with E-state index in [2.05, 4.69) is 60.2 Å². The van der Waals surface area contributed by atoms with E-state index in [0.717, 1.165) is 42.8 Å². The van der Waals surface area contributed by atoms with E-state index in [1.54, 1.807) is 0 Å². The second-order valence-electron chi connectivity index (χ2n) is 5.68. The fourth-order valence-electron chi connectivity index (χ4n) is 2.83. The van der Waals surface area contributed by atoms with Gasteiger partial charge in [0.15, 0.2) is 0 Å². The quantitative estimate of drug-likeness (QED) is 0.790. The first kappa shape index (κ1) is 16.8. The van der Waals surface area contributed by atoms with Gasteiger partial charge in [0.05, 0.1) is 23.2 Å². The smallest absolute Gasteiger partial charge is 0.133 e. The summed E-state index contributed by atoms with van der Waals surface area (Å²) in [5.74, 6) is 1.50. The fraction of sp³-hybridized carbons (Fsp3) is 0.647. The van der Waals surface area contributed by atoms with Crippen LogP contribution in [0.4, 0.5) is 0 Å². The van der Waals surface area contributed by atoms with Crippen LogP contribution in [0.5, 0.6) is 5.75 Å². The summed E-state index contributed by atoms with van der Waals surface area (Å²) in [7, 11) is 0. The van der Waals surface area contributed by atoms with Crippen LogP contribution < -0.4 is 10.1 Å². The molecule has 1 N–H and O–H groups in total. The monoisotopic (exact) mass is 355 g/mol. The van der Waals surface area contributed by atoms with E-state index in [-0.39, 0.29) is 12.1 Å². The van der Waals surface area contributed by atoms with Gasteiger partial charge in [0.1, 0.15) is 5.75 Å². The van der Waals surface area contributed by atoms with Crippen LogP contribution in [-0.4, -0.2) is 25.9 Å². The maximum atomic E-state index is 5.96. The van der Waals surface area contributed by atoms with Crippen LogP contribution in [0.25, 0.3) is 0 Å². The molecule has 1 fully saturated rings. The summed E-state index contributed by atoms with van der Waals surface area (Å²) in [4.78, 5) is 0. The highest BCUT2D eigenvalue weighted by Gasteiger charge is 2.32. The van der Waals surface area contributed by atoms with E-state index >= 15 is 0 Å². The lowest BCUT2D eigenvalue weighted by Crippen LogP contribution is -2.34. The first-order valence-electron chi connectivity index (χ1n) is 7.94. The van der Waals surface area contributed by atoms with E-state index in [9.17, 15) is 0 Å². The molecular weight excluding hydrogens is 330 g/mol. The van der Waals surface area contributed by atoms with Gasteiger partial charge in [-0.1, -0.05) is 26.8 Å². The molecule has 1 aliphatic heterocycles. The minimum atomic E-state index is 0.240. The molecule has 3 nitrogen and oxygen atoms in total. The summed E-state index contributed by atoms with van der Waals surface area (Å²) in [6, 6.07) is 6.60. The molecule has 118 valence electrons. The molecule has 0 bridgehead atoms. The van der Waals surface area contributed by atoms with E-state index in [1.165, 1.54) is 5.56 Å². The van der Waals surface area contributed by atoms with E-state index in [1.807, 2.05) is 0 Å². The highest BCUT2D eigenvalue weighted by molar-refractivity contribution is 9.10. The average Bonchev–Trinajstić information content (AvgIpc) is 2.89. The third-order valence-electron chi connectivity index (χ3n) is 3.97. The first-order valence-corrected chi connectivity index (χ1v) is 8.73. The normalized spacial score (nSPS) is 23.2. The van der Waals surface area contributed by atoms with E-state index in [0.29, 0.717) is 5.92 Å². The number of benzene rings is 1. The zero-order chi connectivity index (χ0) is 15.2. The predicted molar refractivity (Wildman–Crippen MR) is 89.9 cm³/mol. The molecule has 1 aliphatic rings. The number of hydrogen-bond acceptors (Lipinski definition) is 3. The molecule has 21 heavy (non-hydrogen) atoms. The minimum Gasteiger partial charge on any atom is -0.492 e. The predicted octanol–water partition coefficient (Wildman–Crippen LogP) is 4.31. The van der Waals surface area contributed by atoms with Gasteiger partial charge in [0, 0.05) is 6.61 Å². The molecule has 0 amide bonds. The van der Waals surface area contributed by atoms with Gasteiger partial charge in [-0.05, 0) is 58.9 Å². The largest absolute Gasteiger partial charge is 0.492 e. The Kier molecular flexibility index (Phi) is 6.52. The lowest BCUT2D eigenvalue weighted by atomic mass is 9.92. The molecule has 3 atom stereocenters. The molecule has 1 aromatic rings. The number of hydrogen-bond donors (Lipinski definition) is 1. The number of ether oxygens (including phenoxy) is 2. The Bertz CT molecular complexity index is 452. The fourth-order valence-corrected chi connectivity index (χ4v) is 3.34. The van der Waals surface area contributed by atoms with Crippen molar-refractivity contribution < 1.29 is 9.47 Å². The van der Waals surface area contributed by atoms with Crippen molar-refractivity contribution in [1.82, 2.24) is 5.32 Å². The molecule has 4 heteroatoms. The van der Waals surface area contributed by atoms with Crippen molar-refractivity contribution in [2.75, 3.05) is 19.8 Å². The van der Waals surface area contributed by atoms with E-state index < -0.39 is 0 Å². The van der Waals surface area contributed by atoms with Crippen LogP contribution in [0.1, 0.15) is 45.2 Å². The van der Waals surface area contributed by atoms with Gasteiger partial charge < -0.3 is 14.8 Å². The van der Waals surface area contributed by atoms with Crippen LogP contribution in [-0.2, 0) is 4.74 Å². The Morgan fingerprint density at radius 3 is 2.81 bits per heavy atom. The molecule has 2 rings (SSSR count). The van der Waals surface area contributed by atoms with Crippen molar-refractivity contribution in [1.29, 1.82) is 0 Å². The summed E-state index contributed by atoms with van der Waals surface area (Å²) >= 11 is 3.63. The molecule has 1 saturated heterocycles. The number of rotatable bonds is 7. The summed E-state index contributed by atoms with van der Waals surface area (Å²) in [5, 5.41) is 3.57. The van der Waals surface area contributed by atoms with Crippen LogP contribution in [0.15, 0.2) is 22.7 Å². The molecule has 0 aliphatic carbocycles.